The van der Waals surface area contributed by atoms with Crippen LogP contribution in [0.25, 0.3) is 0 Å². The van der Waals surface area contributed by atoms with Crippen LogP contribution in [-0.4, -0.2) is 70.3 Å². The van der Waals surface area contributed by atoms with Crippen LogP contribution in [0.15, 0.2) is 0 Å². The van der Waals surface area contributed by atoms with E-state index < -0.39 is 0 Å². The minimum absolute atomic E-state index is 0.769. The molecular formula is C12H29N5. The predicted octanol–water partition coefficient (Wildman–Crippen LogP) is -1.19. The van der Waals surface area contributed by atoms with Gasteiger partial charge in [0.25, 0.3) is 0 Å². The van der Waals surface area contributed by atoms with Gasteiger partial charge in [0.15, 0.2) is 0 Å². The normalized spacial score (nSPS) is 23.1. The molecule has 0 amide bonds. The van der Waals surface area contributed by atoms with E-state index in [1.165, 1.54) is 12.8 Å². The highest BCUT2D eigenvalue weighted by Crippen LogP contribution is 1.93. The van der Waals surface area contributed by atoms with Crippen molar-refractivity contribution in [3.05, 3.63) is 0 Å². The Hall–Kier alpha value is -0.200. The molecule has 1 rings (SSSR count). The van der Waals surface area contributed by atoms with Crippen molar-refractivity contribution in [2.45, 2.75) is 12.8 Å². The molecule has 0 spiro atoms. The summed E-state index contributed by atoms with van der Waals surface area (Å²) in [6, 6.07) is 0. The summed E-state index contributed by atoms with van der Waals surface area (Å²) in [4.78, 5) is 2.48. The Morgan fingerprint density at radius 2 is 1.24 bits per heavy atom. The van der Waals surface area contributed by atoms with Crippen molar-refractivity contribution in [2.24, 2.45) is 5.73 Å². The number of hydrogen-bond donors (Lipinski definition) is 4. The molecule has 1 fully saturated rings. The summed E-state index contributed by atoms with van der Waals surface area (Å²) in [5, 5.41) is 10.3. The quantitative estimate of drug-likeness (QED) is 0.491. The van der Waals surface area contributed by atoms with Gasteiger partial charge in [-0.25, -0.2) is 0 Å². The van der Waals surface area contributed by atoms with E-state index in [1.807, 2.05) is 0 Å². The fourth-order valence-electron chi connectivity index (χ4n) is 2.10. The molecular weight excluding hydrogens is 214 g/mol. The van der Waals surface area contributed by atoms with E-state index in [0.717, 1.165) is 65.4 Å². The SMILES string of the molecule is NCCN1CCCNCCNCCNCCC1. The monoisotopic (exact) mass is 243 g/mol. The summed E-state index contributed by atoms with van der Waals surface area (Å²) >= 11 is 0. The van der Waals surface area contributed by atoms with Crippen LogP contribution in [0.2, 0.25) is 0 Å². The zero-order valence-corrected chi connectivity index (χ0v) is 11.0. The fourth-order valence-corrected chi connectivity index (χ4v) is 2.10. The van der Waals surface area contributed by atoms with Crippen molar-refractivity contribution in [3.63, 3.8) is 0 Å². The second kappa shape index (κ2) is 10.9. The number of nitrogens with two attached hydrogens (primary N) is 1. The maximum atomic E-state index is 5.64. The largest absolute Gasteiger partial charge is 0.329 e. The van der Waals surface area contributed by atoms with E-state index in [-0.39, 0.29) is 0 Å². The molecule has 5 N–H and O–H groups in total. The first kappa shape index (κ1) is 14.9. The maximum absolute atomic E-state index is 5.64. The molecule has 1 heterocycles. The molecule has 0 bridgehead atoms. The standard InChI is InChI=1S/C12H29N5/c13-3-12-17-10-1-4-14-6-8-16-9-7-15-5-2-11-17/h14-16H,1-13H2. The Balaban J connectivity index is 2.19. The molecule has 0 saturated carbocycles. The molecule has 5 heteroatoms. The van der Waals surface area contributed by atoms with Crippen molar-refractivity contribution >= 4 is 0 Å². The lowest BCUT2D eigenvalue weighted by Crippen LogP contribution is -2.37. The van der Waals surface area contributed by atoms with Crippen molar-refractivity contribution in [3.8, 4) is 0 Å². The molecule has 1 aliphatic heterocycles. The van der Waals surface area contributed by atoms with Crippen LogP contribution in [0.5, 0.6) is 0 Å². The van der Waals surface area contributed by atoms with Gasteiger partial charge in [0.05, 0.1) is 0 Å². The average Bonchev–Trinajstić information content (AvgIpc) is 2.34. The highest BCUT2D eigenvalue weighted by molar-refractivity contribution is 4.63. The summed E-state index contributed by atoms with van der Waals surface area (Å²) in [5.41, 5.74) is 5.64. The lowest BCUT2D eigenvalue weighted by atomic mass is 10.3. The van der Waals surface area contributed by atoms with Gasteiger partial charge in [-0.1, -0.05) is 0 Å². The average molecular weight is 243 g/mol. The molecule has 0 atom stereocenters. The van der Waals surface area contributed by atoms with Crippen LogP contribution in [0, 0.1) is 0 Å². The topological polar surface area (TPSA) is 65.3 Å². The predicted molar refractivity (Wildman–Crippen MR) is 73.3 cm³/mol. The van der Waals surface area contributed by atoms with E-state index in [4.69, 9.17) is 5.73 Å². The van der Waals surface area contributed by atoms with Crippen LogP contribution in [0.4, 0.5) is 0 Å². The highest BCUT2D eigenvalue weighted by Gasteiger charge is 2.03. The maximum Gasteiger partial charge on any atom is 0.0105 e. The van der Waals surface area contributed by atoms with Crippen LogP contribution >= 0.6 is 0 Å². The van der Waals surface area contributed by atoms with Crippen molar-refractivity contribution in [1.82, 2.24) is 20.9 Å². The molecule has 5 nitrogen and oxygen atoms in total. The second-order valence-corrected chi connectivity index (χ2v) is 4.59. The van der Waals surface area contributed by atoms with E-state index >= 15 is 0 Å². The van der Waals surface area contributed by atoms with E-state index in [2.05, 4.69) is 20.9 Å². The van der Waals surface area contributed by atoms with E-state index in [0.29, 0.717) is 0 Å². The molecule has 0 aromatic heterocycles. The van der Waals surface area contributed by atoms with Crippen molar-refractivity contribution < 1.29 is 0 Å². The van der Waals surface area contributed by atoms with Gasteiger partial charge in [0.2, 0.25) is 0 Å². The van der Waals surface area contributed by atoms with Gasteiger partial charge in [-0.05, 0) is 39.0 Å². The van der Waals surface area contributed by atoms with Crippen LogP contribution in [0.3, 0.4) is 0 Å². The van der Waals surface area contributed by atoms with Crippen molar-refractivity contribution in [1.29, 1.82) is 0 Å². The summed E-state index contributed by atoms with van der Waals surface area (Å²) in [5.74, 6) is 0. The molecule has 0 unspecified atom stereocenters. The Labute approximate surface area is 105 Å². The van der Waals surface area contributed by atoms with Crippen LogP contribution < -0.4 is 21.7 Å². The van der Waals surface area contributed by atoms with Gasteiger partial charge in [-0.15, -0.1) is 0 Å². The second-order valence-electron chi connectivity index (χ2n) is 4.59. The first-order chi connectivity index (χ1) is 8.43. The molecule has 1 aliphatic rings. The first-order valence-corrected chi connectivity index (χ1v) is 6.98. The summed E-state index contributed by atoms with van der Waals surface area (Å²) in [6.07, 6.45) is 2.43. The van der Waals surface area contributed by atoms with Crippen molar-refractivity contribution in [2.75, 3.05) is 65.4 Å². The number of nitrogens with zero attached hydrogens (tertiary/aromatic N) is 1. The molecule has 0 aliphatic carbocycles. The highest BCUT2D eigenvalue weighted by atomic mass is 15.1. The summed E-state index contributed by atoms with van der Waals surface area (Å²) in [6.45, 7) is 10.6. The molecule has 1 saturated heterocycles. The smallest absolute Gasteiger partial charge is 0.0105 e. The Morgan fingerprint density at radius 1 is 0.765 bits per heavy atom. The lowest BCUT2D eigenvalue weighted by Gasteiger charge is -2.22. The Bertz CT molecular complexity index is 151. The van der Waals surface area contributed by atoms with Gasteiger partial charge in [0, 0.05) is 39.3 Å². The number of rotatable bonds is 2. The zero-order chi connectivity index (χ0) is 12.2. The molecule has 0 aromatic rings. The third-order valence-corrected chi connectivity index (χ3v) is 3.06. The van der Waals surface area contributed by atoms with E-state index in [9.17, 15) is 0 Å². The van der Waals surface area contributed by atoms with Gasteiger partial charge >= 0.3 is 0 Å². The molecule has 0 radical (unpaired) electrons. The van der Waals surface area contributed by atoms with Gasteiger partial charge in [-0.3, -0.25) is 0 Å². The zero-order valence-electron chi connectivity index (χ0n) is 11.0. The van der Waals surface area contributed by atoms with Crippen LogP contribution in [0.1, 0.15) is 12.8 Å². The number of hydrogen-bond acceptors (Lipinski definition) is 5. The van der Waals surface area contributed by atoms with Gasteiger partial charge in [0.1, 0.15) is 0 Å². The lowest BCUT2D eigenvalue weighted by molar-refractivity contribution is 0.271. The number of nitrogens with one attached hydrogen (secondary N) is 3. The van der Waals surface area contributed by atoms with Gasteiger partial charge < -0.3 is 26.6 Å². The van der Waals surface area contributed by atoms with Gasteiger partial charge in [-0.2, -0.15) is 0 Å². The molecule has 102 valence electrons. The van der Waals surface area contributed by atoms with E-state index in [1.54, 1.807) is 0 Å². The molecule has 17 heavy (non-hydrogen) atoms. The third-order valence-electron chi connectivity index (χ3n) is 3.06. The van der Waals surface area contributed by atoms with Crippen LogP contribution in [-0.2, 0) is 0 Å². The first-order valence-electron chi connectivity index (χ1n) is 6.98. The minimum Gasteiger partial charge on any atom is -0.329 e. The Morgan fingerprint density at radius 3 is 1.71 bits per heavy atom. The summed E-state index contributed by atoms with van der Waals surface area (Å²) < 4.78 is 0. The fraction of sp³-hybridized carbons (Fsp3) is 1.00. The third kappa shape index (κ3) is 8.51. The minimum atomic E-state index is 0.769. The molecule has 0 aromatic carbocycles. The summed E-state index contributed by atoms with van der Waals surface area (Å²) in [7, 11) is 0. The Kier molecular flexibility index (Phi) is 9.55.